The molecule has 2 nitrogen and oxygen atoms in total. The molecule has 0 spiro atoms. The van der Waals surface area contributed by atoms with Crippen LogP contribution in [0.4, 0.5) is 4.39 Å². The van der Waals surface area contributed by atoms with Crippen LogP contribution in [0.1, 0.15) is 15.9 Å². The lowest BCUT2D eigenvalue weighted by Gasteiger charge is -2.01. The van der Waals surface area contributed by atoms with Crippen LogP contribution in [0, 0.1) is 5.82 Å². The molecule has 1 aromatic heterocycles. The SMILES string of the molecule is O=C(c1ccoc1)c1cccc(Br)c1F. The Balaban J connectivity index is 2.47. The van der Waals surface area contributed by atoms with Crippen molar-refractivity contribution in [1.29, 1.82) is 0 Å². The third-order valence-electron chi connectivity index (χ3n) is 1.98. The van der Waals surface area contributed by atoms with Crippen molar-refractivity contribution in [1.82, 2.24) is 0 Å². The molecule has 76 valence electrons. The zero-order chi connectivity index (χ0) is 10.8. The van der Waals surface area contributed by atoms with Crippen LogP contribution < -0.4 is 0 Å². The number of furan rings is 1. The van der Waals surface area contributed by atoms with Crippen molar-refractivity contribution in [3.63, 3.8) is 0 Å². The van der Waals surface area contributed by atoms with Crippen LogP contribution in [0.15, 0.2) is 45.7 Å². The van der Waals surface area contributed by atoms with Gasteiger partial charge >= 0.3 is 0 Å². The highest BCUT2D eigenvalue weighted by molar-refractivity contribution is 9.10. The van der Waals surface area contributed by atoms with Crippen LogP contribution in [-0.2, 0) is 0 Å². The zero-order valence-electron chi connectivity index (χ0n) is 7.54. The van der Waals surface area contributed by atoms with E-state index < -0.39 is 5.82 Å². The maximum absolute atomic E-state index is 13.5. The Morgan fingerprint density at radius 1 is 1.33 bits per heavy atom. The van der Waals surface area contributed by atoms with Gasteiger partial charge in [0.15, 0.2) is 5.78 Å². The van der Waals surface area contributed by atoms with Gasteiger partial charge in [-0.25, -0.2) is 4.39 Å². The maximum atomic E-state index is 13.5. The molecule has 0 aliphatic heterocycles. The third-order valence-corrected chi connectivity index (χ3v) is 2.59. The van der Waals surface area contributed by atoms with E-state index in [-0.39, 0.29) is 15.8 Å². The Morgan fingerprint density at radius 3 is 2.80 bits per heavy atom. The number of carbonyl (C=O) groups is 1. The van der Waals surface area contributed by atoms with Gasteiger partial charge in [0.2, 0.25) is 0 Å². The standard InChI is InChI=1S/C11H6BrFO2/c12-9-3-1-2-8(10(9)13)11(14)7-4-5-15-6-7/h1-6H. The summed E-state index contributed by atoms with van der Waals surface area (Å²) in [6, 6.07) is 6.10. The van der Waals surface area contributed by atoms with Crippen LogP contribution in [-0.4, -0.2) is 5.78 Å². The Bertz CT molecular complexity index is 491. The molecule has 2 aromatic rings. The van der Waals surface area contributed by atoms with Gasteiger partial charge < -0.3 is 4.42 Å². The van der Waals surface area contributed by atoms with Gasteiger partial charge in [-0.3, -0.25) is 4.79 Å². The minimum atomic E-state index is -0.552. The molecule has 1 heterocycles. The largest absolute Gasteiger partial charge is 0.472 e. The van der Waals surface area contributed by atoms with Crippen LogP contribution in [0.3, 0.4) is 0 Å². The minimum absolute atomic E-state index is 0.0331. The van der Waals surface area contributed by atoms with Gasteiger partial charge in [-0.1, -0.05) is 6.07 Å². The van der Waals surface area contributed by atoms with E-state index in [1.54, 1.807) is 12.1 Å². The average Bonchev–Trinajstić information content (AvgIpc) is 2.74. The van der Waals surface area contributed by atoms with Crippen molar-refractivity contribution in [2.24, 2.45) is 0 Å². The highest BCUT2D eigenvalue weighted by Gasteiger charge is 2.16. The number of hydrogen-bond donors (Lipinski definition) is 0. The maximum Gasteiger partial charge on any atom is 0.199 e. The summed E-state index contributed by atoms with van der Waals surface area (Å²) in [5.74, 6) is -0.939. The average molecular weight is 269 g/mol. The molecular formula is C11H6BrFO2. The van der Waals surface area contributed by atoms with Crippen molar-refractivity contribution in [2.45, 2.75) is 0 Å². The summed E-state index contributed by atoms with van der Waals surface area (Å²) in [6.45, 7) is 0. The van der Waals surface area contributed by atoms with Crippen LogP contribution >= 0.6 is 15.9 Å². The molecule has 0 saturated heterocycles. The van der Waals surface area contributed by atoms with E-state index in [9.17, 15) is 9.18 Å². The number of hydrogen-bond acceptors (Lipinski definition) is 2. The summed E-state index contributed by atoms with van der Waals surface area (Å²) in [4.78, 5) is 11.8. The van der Waals surface area contributed by atoms with E-state index in [1.807, 2.05) is 0 Å². The lowest BCUT2D eigenvalue weighted by molar-refractivity contribution is 0.103. The van der Waals surface area contributed by atoms with Crippen LogP contribution in [0.5, 0.6) is 0 Å². The second-order valence-corrected chi connectivity index (χ2v) is 3.80. The molecule has 0 atom stereocenters. The Labute approximate surface area is 93.8 Å². The van der Waals surface area contributed by atoms with Gasteiger partial charge in [-0.15, -0.1) is 0 Å². The van der Waals surface area contributed by atoms with Crippen molar-refractivity contribution < 1.29 is 13.6 Å². The molecule has 0 aliphatic rings. The van der Waals surface area contributed by atoms with Gasteiger partial charge in [0, 0.05) is 0 Å². The fourth-order valence-corrected chi connectivity index (χ4v) is 1.59. The topological polar surface area (TPSA) is 30.2 Å². The highest BCUT2D eigenvalue weighted by atomic mass is 79.9. The molecule has 2 rings (SSSR count). The molecule has 0 bridgehead atoms. The first kappa shape index (κ1) is 10.1. The summed E-state index contributed by atoms with van der Waals surface area (Å²) >= 11 is 3.03. The van der Waals surface area contributed by atoms with Gasteiger partial charge in [0.05, 0.1) is 21.9 Å². The van der Waals surface area contributed by atoms with Gasteiger partial charge in [-0.2, -0.15) is 0 Å². The summed E-state index contributed by atoms with van der Waals surface area (Å²) < 4.78 is 18.6. The quantitative estimate of drug-likeness (QED) is 0.782. The Hall–Kier alpha value is -1.42. The van der Waals surface area contributed by atoms with Crippen molar-refractivity contribution in [2.75, 3.05) is 0 Å². The molecule has 0 N–H and O–H groups in total. The van der Waals surface area contributed by atoms with Crippen LogP contribution in [0.25, 0.3) is 0 Å². The summed E-state index contributed by atoms with van der Waals surface area (Å²) in [5.41, 5.74) is 0.373. The van der Waals surface area contributed by atoms with Gasteiger partial charge in [0.25, 0.3) is 0 Å². The number of halogens is 2. The molecular weight excluding hydrogens is 263 g/mol. The van der Waals surface area contributed by atoms with E-state index in [1.165, 1.54) is 24.7 Å². The summed E-state index contributed by atoms with van der Waals surface area (Å²) in [6.07, 6.45) is 2.67. The highest BCUT2D eigenvalue weighted by Crippen LogP contribution is 2.21. The van der Waals surface area contributed by atoms with Gasteiger partial charge in [-0.05, 0) is 34.1 Å². The van der Waals surface area contributed by atoms with E-state index in [0.717, 1.165) is 0 Å². The molecule has 0 radical (unpaired) electrons. The minimum Gasteiger partial charge on any atom is -0.472 e. The van der Waals surface area contributed by atoms with Gasteiger partial charge in [0.1, 0.15) is 12.1 Å². The molecule has 0 fully saturated rings. The predicted molar refractivity (Wildman–Crippen MR) is 56.2 cm³/mol. The number of rotatable bonds is 2. The van der Waals surface area contributed by atoms with Crippen molar-refractivity contribution in [3.8, 4) is 0 Å². The van der Waals surface area contributed by atoms with E-state index in [4.69, 9.17) is 4.42 Å². The Morgan fingerprint density at radius 2 is 2.13 bits per heavy atom. The van der Waals surface area contributed by atoms with Crippen molar-refractivity contribution >= 4 is 21.7 Å². The fourth-order valence-electron chi connectivity index (χ4n) is 1.23. The first-order valence-corrected chi connectivity index (χ1v) is 5.00. The second kappa shape index (κ2) is 3.98. The monoisotopic (exact) mass is 268 g/mol. The first-order valence-electron chi connectivity index (χ1n) is 4.21. The van der Waals surface area contributed by atoms with E-state index in [0.29, 0.717) is 5.56 Å². The predicted octanol–water partition coefficient (Wildman–Crippen LogP) is 3.41. The Kier molecular flexibility index (Phi) is 2.68. The first-order chi connectivity index (χ1) is 7.20. The van der Waals surface area contributed by atoms with Crippen LogP contribution in [0.2, 0.25) is 0 Å². The fraction of sp³-hybridized carbons (Fsp3) is 0. The molecule has 0 saturated carbocycles. The molecule has 15 heavy (non-hydrogen) atoms. The lowest BCUT2D eigenvalue weighted by Crippen LogP contribution is -2.03. The molecule has 0 unspecified atom stereocenters. The number of ketones is 1. The zero-order valence-corrected chi connectivity index (χ0v) is 9.12. The number of carbonyl (C=O) groups excluding carboxylic acids is 1. The second-order valence-electron chi connectivity index (χ2n) is 2.94. The normalized spacial score (nSPS) is 10.3. The van der Waals surface area contributed by atoms with E-state index >= 15 is 0 Å². The van der Waals surface area contributed by atoms with E-state index in [2.05, 4.69) is 15.9 Å². The summed E-state index contributed by atoms with van der Waals surface area (Å²) in [5, 5.41) is 0. The lowest BCUT2D eigenvalue weighted by atomic mass is 10.1. The molecule has 0 aliphatic carbocycles. The molecule has 4 heteroatoms. The smallest absolute Gasteiger partial charge is 0.199 e. The molecule has 0 amide bonds. The number of benzene rings is 1. The molecule has 1 aromatic carbocycles. The summed E-state index contributed by atoms with van der Waals surface area (Å²) in [7, 11) is 0. The van der Waals surface area contributed by atoms with Crippen molar-refractivity contribution in [3.05, 3.63) is 58.2 Å². The third kappa shape index (κ3) is 1.85.